The summed E-state index contributed by atoms with van der Waals surface area (Å²) in [6.07, 6.45) is 0.615. The van der Waals surface area contributed by atoms with Crippen LogP contribution in [0.4, 0.5) is 5.69 Å². The number of nitrogens with zero attached hydrogens (tertiary/aromatic N) is 3. The summed E-state index contributed by atoms with van der Waals surface area (Å²) < 4.78 is 0. The number of piperidine rings is 1. The third kappa shape index (κ3) is 4.16. The maximum Gasteiger partial charge on any atom is 0.269 e. The van der Waals surface area contributed by atoms with Gasteiger partial charge in [0.15, 0.2) is 6.23 Å². The normalized spacial score (nSPS) is 20.0. The number of nitro benzene ring substituents is 1. The molecule has 2 aliphatic heterocycles. The number of hydrogen-bond donors (Lipinski definition) is 2. The van der Waals surface area contributed by atoms with Crippen LogP contribution in [0.5, 0.6) is 0 Å². The lowest BCUT2D eigenvalue weighted by molar-refractivity contribution is -0.384. The molecule has 8 heteroatoms. The highest BCUT2D eigenvalue weighted by Crippen LogP contribution is 2.35. The molecule has 1 unspecified atom stereocenters. The van der Waals surface area contributed by atoms with E-state index < -0.39 is 16.8 Å². The van der Waals surface area contributed by atoms with Crippen LogP contribution in [0.3, 0.4) is 0 Å². The third-order valence-corrected chi connectivity index (χ3v) is 7.13. The van der Waals surface area contributed by atoms with Crippen LogP contribution >= 0.6 is 0 Å². The zero-order valence-electron chi connectivity index (χ0n) is 18.8. The van der Waals surface area contributed by atoms with E-state index in [1.165, 1.54) is 17.0 Å². The number of hydrogen-bond acceptors (Lipinski definition) is 6. The van der Waals surface area contributed by atoms with Crippen molar-refractivity contribution in [3.63, 3.8) is 0 Å². The van der Waals surface area contributed by atoms with E-state index in [4.69, 9.17) is 0 Å². The van der Waals surface area contributed by atoms with E-state index in [0.717, 1.165) is 21.9 Å². The minimum absolute atomic E-state index is 0.0406. The van der Waals surface area contributed by atoms with Crippen LogP contribution in [0.15, 0.2) is 60.7 Å². The standard InChI is InChI=1S/C26H27N3O5/c30-24-21-5-1-3-19-4-2-6-22(23(19)21)25(31)28(24)16-15-27-13-11-26(32,12-14-27)17-18-7-9-20(10-8-18)29(33)34/h1-10,24,30,32H,11-17H2. The molecule has 0 bridgehead atoms. The Kier molecular flexibility index (Phi) is 5.81. The first-order valence-corrected chi connectivity index (χ1v) is 11.5. The van der Waals surface area contributed by atoms with Crippen LogP contribution in [0.25, 0.3) is 10.8 Å². The molecule has 3 aromatic carbocycles. The van der Waals surface area contributed by atoms with Gasteiger partial charge in [-0.1, -0.05) is 42.5 Å². The highest BCUT2D eigenvalue weighted by molar-refractivity contribution is 6.10. The summed E-state index contributed by atoms with van der Waals surface area (Å²) in [7, 11) is 0. The minimum atomic E-state index is -0.977. The molecule has 5 rings (SSSR count). The quantitative estimate of drug-likeness (QED) is 0.431. The molecular formula is C26H27N3O5. The van der Waals surface area contributed by atoms with Gasteiger partial charge in [0.2, 0.25) is 0 Å². The molecule has 1 atom stereocenters. The highest BCUT2D eigenvalue weighted by atomic mass is 16.6. The smallest absolute Gasteiger partial charge is 0.269 e. The van der Waals surface area contributed by atoms with Crippen molar-refractivity contribution in [1.82, 2.24) is 9.80 Å². The van der Waals surface area contributed by atoms with Gasteiger partial charge in [0.25, 0.3) is 11.6 Å². The number of rotatable bonds is 6. The summed E-state index contributed by atoms with van der Waals surface area (Å²) in [5.74, 6) is -0.163. The number of non-ortho nitro benzene ring substituents is 1. The van der Waals surface area contributed by atoms with Crippen molar-refractivity contribution < 1.29 is 19.9 Å². The van der Waals surface area contributed by atoms with Crippen LogP contribution in [-0.2, 0) is 6.42 Å². The molecule has 0 saturated carbocycles. The van der Waals surface area contributed by atoms with Crippen molar-refractivity contribution >= 4 is 22.4 Å². The fourth-order valence-corrected chi connectivity index (χ4v) is 5.16. The number of aliphatic hydroxyl groups is 2. The van der Waals surface area contributed by atoms with Crippen LogP contribution < -0.4 is 0 Å². The second-order valence-corrected chi connectivity index (χ2v) is 9.29. The lowest BCUT2D eigenvalue weighted by Gasteiger charge is -2.40. The second kappa shape index (κ2) is 8.79. The van der Waals surface area contributed by atoms with Crippen molar-refractivity contribution in [3.8, 4) is 0 Å². The molecule has 34 heavy (non-hydrogen) atoms. The molecule has 0 radical (unpaired) electrons. The zero-order chi connectivity index (χ0) is 23.9. The summed E-state index contributed by atoms with van der Waals surface area (Å²) in [6.45, 7) is 2.35. The highest BCUT2D eigenvalue weighted by Gasteiger charge is 2.35. The number of carbonyl (C=O) groups is 1. The van der Waals surface area contributed by atoms with Crippen molar-refractivity contribution in [2.45, 2.75) is 31.1 Å². The molecule has 1 fully saturated rings. The van der Waals surface area contributed by atoms with Crippen molar-refractivity contribution in [1.29, 1.82) is 0 Å². The molecule has 2 aliphatic rings. The predicted molar refractivity (Wildman–Crippen MR) is 127 cm³/mol. The average Bonchev–Trinajstić information content (AvgIpc) is 2.84. The average molecular weight is 462 g/mol. The summed E-state index contributed by atoms with van der Waals surface area (Å²) in [4.78, 5) is 27.3. The van der Waals surface area contributed by atoms with Crippen molar-refractivity contribution in [3.05, 3.63) is 87.5 Å². The van der Waals surface area contributed by atoms with Crippen LogP contribution in [-0.4, -0.2) is 62.6 Å². The monoisotopic (exact) mass is 461 g/mol. The van der Waals surface area contributed by atoms with Crippen LogP contribution in [0.1, 0.15) is 40.6 Å². The summed E-state index contributed by atoms with van der Waals surface area (Å²) >= 11 is 0. The number of amides is 1. The first-order valence-electron chi connectivity index (χ1n) is 11.5. The number of aliphatic hydroxyl groups excluding tert-OH is 1. The van der Waals surface area contributed by atoms with Crippen molar-refractivity contribution in [2.75, 3.05) is 26.2 Å². The summed E-state index contributed by atoms with van der Waals surface area (Å²) in [5, 5.41) is 34.6. The molecular weight excluding hydrogens is 434 g/mol. The van der Waals surface area contributed by atoms with E-state index in [1.54, 1.807) is 12.1 Å². The van der Waals surface area contributed by atoms with Gasteiger partial charge in [-0.25, -0.2) is 0 Å². The summed E-state index contributed by atoms with van der Waals surface area (Å²) in [5.41, 5.74) is 1.43. The maximum atomic E-state index is 13.1. The van der Waals surface area contributed by atoms with E-state index in [9.17, 15) is 25.1 Å². The Balaban J connectivity index is 1.19. The van der Waals surface area contributed by atoms with Gasteiger partial charge in [-0.05, 0) is 29.9 Å². The largest absolute Gasteiger partial charge is 0.389 e. The molecule has 1 saturated heterocycles. The Morgan fingerprint density at radius 1 is 1.00 bits per heavy atom. The van der Waals surface area contributed by atoms with Gasteiger partial charge in [-0.2, -0.15) is 0 Å². The van der Waals surface area contributed by atoms with Gasteiger partial charge in [0.05, 0.1) is 10.5 Å². The van der Waals surface area contributed by atoms with E-state index in [0.29, 0.717) is 51.0 Å². The molecule has 3 aromatic rings. The number of nitro groups is 1. The van der Waals surface area contributed by atoms with E-state index in [1.807, 2.05) is 36.4 Å². The fraction of sp³-hybridized carbons (Fsp3) is 0.346. The van der Waals surface area contributed by atoms with Crippen molar-refractivity contribution in [2.24, 2.45) is 0 Å². The molecule has 8 nitrogen and oxygen atoms in total. The van der Waals surface area contributed by atoms with E-state index in [-0.39, 0.29) is 11.6 Å². The fourth-order valence-electron chi connectivity index (χ4n) is 5.16. The minimum Gasteiger partial charge on any atom is -0.389 e. The zero-order valence-corrected chi connectivity index (χ0v) is 18.8. The lowest BCUT2D eigenvalue weighted by atomic mass is 9.85. The summed E-state index contributed by atoms with van der Waals surface area (Å²) in [6, 6.07) is 17.7. The Hall–Kier alpha value is -3.33. The first-order chi connectivity index (χ1) is 16.3. The van der Waals surface area contributed by atoms with E-state index in [2.05, 4.69) is 4.90 Å². The number of carbonyl (C=O) groups excluding carboxylic acids is 1. The molecule has 2 heterocycles. The van der Waals surface area contributed by atoms with Crippen LogP contribution in [0, 0.1) is 10.1 Å². The van der Waals surface area contributed by atoms with Gasteiger partial charge >= 0.3 is 0 Å². The SMILES string of the molecule is O=C1c2cccc3cccc(c23)C(O)N1CCN1CCC(O)(Cc2ccc([N+](=O)[O-])cc2)CC1. The Morgan fingerprint density at radius 2 is 1.68 bits per heavy atom. The Bertz CT molecular complexity index is 1230. The van der Waals surface area contributed by atoms with Gasteiger partial charge < -0.3 is 20.0 Å². The second-order valence-electron chi connectivity index (χ2n) is 9.29. The Labute approximate surface area is 197 Å². The molecule has 0 spiro atoms. The molecule has 0 aliphatic carbocycles. The lowest BCUT2D eigenvalue weighted by Crippen LogP contribution is -2.49. The first kappa shape index (κ1) is 22.5. The maximum absolute atomic E-state index is 13.1. The molecule has 176 valence electrons. The topological polar surface area (TPSA) is 107 Å². The Morgan fingerprint density at radius 3 is 2.35 bits per heavy atom. The van der Waals surface area contributed by atoms with Gasteiger partial charge in [-0.3, -0.25) is 14.9 Å². The number of likely N-dealkylation sites (tertiary alicyclic amines) is 1. The van der Waals surface area contributed by atoms with Gasteiger partial charge in [0, 0.05) is 61.2 Å². The third-order valence-electron chi connectivity index (χ3n) is 7.13. The van der Waals surface area contributed by atoms with Gasteiger partial charge in [-0.15, -0.1) is 0 Å². The molecule has 0 aromatic heterocycles. The van der Waals surface area contributed by atoms with E-state index >= 15 is 0 Å². The predicted octanol–water partition coefficient (Wildman–Crippen LogP) is 3.26. The molecule has 1 amide bonds. The number of benzene rings is 3. The van der Waals surface area contributed by atoms with Crippen LogP contribution in [0.2, 0.25) is 0 Å². The molecule has 2 N–H and O–H groups in total. The van der Waals surface area contributed by atoms with Gasteiger partial charge in [0.1, 0.15) is 0 Å².